The fourth-order valence-electron chi connectivity index (χ4n) is 1.52. The van der Waals surface area contributed by atoms with Crippen LogP contribution >= 0.6 is 23.4 Å². The molecule has 0 aliphatic heterocycles. The number of benzene rings is 1. The molecule has 108 valence electrons. The lowest BCUT2D eigenvalue weighted by Gasteiger charge is -2.22. The second kappa shape index (κ2) is 6.95. The maximum absolute atomic E-state index is 11.9. The third-order valence-electron chi connectivity index (χ3n) is 2.37. The van der Waals surface area contributed by atoms with Crippen molar-refractivity contribution in [2.24, 2.45) is 0 Å². The second-order valence-electron chi connectivity index (χ2n) is 4.64. The molecule has 0 amide bonds. The molecule has 2 N–H and O–H groups in total. The van der Waals surface area contributed by atoms with Crippen molar-refractivity contribution in [3.8, 4) is 0 Å². The molecular formula is C12H18ClNO3S2. The third kappa shape index (κ3) is 6.63. The smallest absolute Gasteiger partial charge is 0.215 e. The van der Waals surface area contributed by atoms with E-state index in [2.05, 4.69) is 4.72 Å². The highest BCUT2D eigenvalue weighted by Crippen LogP contribution is 2.14. The molecule has 0 fully saturated rings. The Balaban J connectivity index is 2.62. The van der Waals surface area contributed by atoms with Gasteiger partial charge in [0.15, 0.2) is 0 Å². The van der Waals surface area contributed by atoms with Crippen molar-refractivity contribution in [2.45, 2.75) is 18.3 Å². The van der Waals surface area contributed by atoms with E-state index in [9.17, 15) is 13.5 Å². The standard InChI is InChI=1S/C12H18ClNO3S2/c1-12(15,9-18-2)8-14-19(16,17)7-10-4-3-5-11(13)6-10/h3-6,14-15H,7-9H2,1-2H3/t12-/m1/s1. The molecular weight excluding hydrogens is 306 g/mol. The fraction of sp³-hybridized carbons (Fsp3) is 0.500. The number of hydrogen-bond donors (Lipinski definition) is 2. The summed E-state index contributed by atoms with van der Waals surface area (Å²) >= 11 is 7.27. The van der Waals surface area contributed by atoms with Crippen molar-refractivity contribution < 1.29 is 13.5 Å². The highest BCUT2D eigenvalue weighted by molar-refractivity contribution is 7.98. The molecule has 0 heterocycles. The molecule has 1 aromatic carbocycles. The van der Waals surface area contributed by atoms with Crippen LogP contribution in [0, 0.1) is 0 Å². The van der Waals surface area contributed by atoms with Crippen LogP contribution in [0.15, 0.2) is 24.3 Å². The molecule has 0 aliphatic rings. The van der Waals surface area contributed by atoms with Crippen molar-refractivity contribution in [1.29, 1.82) is 0 Å². The number of hydrogen-bond acceptors (Lipinski definition) is 4. The van der Waals surface area contributed by atoms with Gasteiger partial charge in [-0.25, -0.2) is 13.1 Å². The lowest BCUT2D eigenvalue weighted by atomic mass is 10.1. The summed E-state index contributed by atoms with van der Waals surface area (Å²) in [4.78, 5) is 0. The highest BCUT2D eigenvalue weighted by atomic mass is 35.5. The monoisotopic (exact) mass is 323 g/mol. The van der Waals surface area contributed by atoms with Crippen LogP contribution in [0.2, 0.25) is 5.02 Å². The van der Waals surface area contributed by atoms with E-state index in [1.807, 2.05) is 6.26 Å². The van der Waals surface area contributed by atoms with Crippen LogP contribution in [0.4, 0.5) is 0 Å². The summed E-state index contributed by atoms with van der Waals surface area (Å²) in [5.41, 5.74) is -0.439. The molecule has 0 unspecified atom stereocenters. The predicted molar refractivity (Wildman–Crippen MR) is 81.1 cm³/mol. The normalized spacial score (nSPS) is 15.2. The van der Waals surface area contributed by atoms with Gasteiger partial charge in [-0.1, -0.05) is 23.7 Å². The minimum Gasteiger partial charge on any atom is -0.388 e. The molecule has 7 heteroatoms. The Morgan fingerprint density at radius 3 is 2.74 bits per heavy atom. The van der Waals surface area contributed by atoms with Crippen LogP contribution in [0.5, 0.6) is 0 Å². The van der Waals surface area contributed by atoms with Crippen molar-refractivity contribution >= 4 is 33.4 Å². The van der Waals surface area contributed by atoms with Gasteiger partial charge in [-0.05, 0) is 30.9 Å². The van der Waals surface area contributed by atoms with Gasteiger partial charge in [0.1, 0.15) is 0 Å². The third-order valence-corrected chi connectivity index (χ3v) is 4.82. The first-order valence-electron chi connectivity index (χ1n) is 5.67. The van der Waals surface area contributed by atoms with Gasteiger partial charge in [0.25, 0.3) is 0 Å². The quantitative estimate of drug-likeness (QED) is 0.804. The topological polar surface area (TPSA) is 66.4 Å². The van der Waals surface area contributed by atoms with Gasteiger partial charge < -0.3 is 5.11 Å². The van der Waals surface area contributed by atoms with Crippen LogP contribution in [0.3, 0.4) is 0 Å². The number of halogens is 1. The molecule has 0 aromatic heterocycles. The minimum atomic E-state index is -3.48. The Morgan fingerprint density at radius 1 is 1.47 bits per heavy atom. The predicted octanol–water partition coefficient (Wildman–Crippen LogP) is 1.87. The van der Waals surface area contributed by atoms with Crippen molar-refractivity contribution in [3.63, 3.8) is 0 Å². The minimum absolute atomic E-state index is 0.00324. The summed E-state index contributed by atoms with van der Waals surface area (Å²) in [6.07, 6.45) is 1.86. The second-order valence-corrected chi connectivity index (χ2v) is 7.75. The number of sulfonamides is 1. The van der Waals surface area contributed by atoms with E-state index in [-0.39, 0.29) is 12.3 Å². The Kier molecular flexibility index (Phi) is 6.14. The lowest BCUT2D eigenvalue weighted by Crippen LogP contribution is -2.42. The Labute approximate surface area is 123 Å². The van der Waals surface area contributed by atoms with Gasteiger partial charge in [-0.2, -0.15) is 11.8 Å². The maximum atomic E-state index is 11.9. The molecule has 1 aromatic rings. The summed E-state index contributed by atoms with van der Waals surface area (Å²) in [7, 11) is -3.48. The fourth-order valence-corrected chi connectivity index (χ4v) is 3.71. The highest BCUT2D eigenvalue weighted by Gasteiger charge is 2.22. The zero-order chi connectivity index (χ0) is 14.5. The van der Waals surface area contributed by atoms with Gasteiger partial charge in [-0.3, -0.25) is 0 Å². The largest absolute Gasteiger partial charge is 0.388 e. The van der Waals surface area contributed by atoms with Crippen molar-refractivity contribution in [1.82, 2.24) is 4.72 Å². The van der Waals surface area contributed by atoms with Crippen LogP contribution in [0.25, 0.3) is 0 Å². The van der Waals surface area contributed by atoms with Gasteiger partial charge in [0, 0.05) is 17.3 Å². The first kappa shape index (κ1) is 16.8. The van der Waals surface area contributed by atoms with Gasteiger partial charge in [0.2, 0.25) is 10.0 Å². The Hall–Kier alpha value is -0.270. The average Bonchev–Trinajstić information content (AvgIpc) is 2.26. The van der Waals surface area contributed by atoms with E-state index in [0.29, 0.717) is 16.3 Å². The SMILES string of the molecule is CSC[C@](C)(O)CNS(=O)(=O)Cc1cccc(Cl)c1. The molecule has 1 rings (SSSR count). The van der Waals surface area contributed by atoms with E-state index in [0.717, 1.165) is 0 Å². The lowest BCUT2D eigenvalue weighted by molar-refractivity contribution is 0.0908. The number of thioether (sulfide) groups is 1. The average molecular weight is 324 g/mol. The molecule has 0 saturated carbocycles. The summed E-state index contributed by atoms with van der Waals surface area (Å²) in [6.45, 7) is 1.60. The number of rotatable bonds is 7. The zero-order valence-electron chi connectivity index (χ0n) is 10.9. The van der Waals surface area contributed by atoms with Gasteiger partial charge >= 0.3 is 0 Å². The number of nitrogens with one attached hydrogen (secondary N) is 1. The van der Waals surface area contributed by atoms with E-state index in [4.69, 9.17) is 11.6 Å². The molecule has 19 heavy (non-hydrogen) atoms. The Bertz CT molecular complexity index is 517. The van der Waals surface area contributed by atoms with Crippen LogP contribution in [-0.4, -0.2) is 37.7 Å². The van der Waals surface area contributed by atoms with Crippen LogP contribution in [0.1, 0.15) is 12.5 Å². The van der Waals surface area contributed by atoms with E-state index in [1.165, 1.54) is 11.8 Å². The summed E-state index contributed by atoms with van der Waals surface area (Å²) < 4.78 is 26.2. The first-order chi connectivity index (χ1) is 8.74. The molecule has 0 bridgehead atoms. The van der Waals surface area contributed by atoms with Crippen molar-refractivity contribution in [3.05, 3.63) is 34.9 Å². The van der Waals surface area contributed by atoms with Crippen LogP contribution in [-0.2, 0) is 15.8 Å². The van der Waals surface area contributed by atoms with Crippen molar-refractivity contribution in [2.75, 3.05) is 18.6 Å². The molecule has 0 saturated heterocycles. The summed E-state index contributed by atoms with van der Waals surface area (Å²) in [6, 6.07) is 6.71. The molecule has 0 aliphatic carbocycles. The molecule has 1 atom stereocenters. The van der Waals surface area contributed by atoms with E-state index in [1.54, 1.807) is 31.2 Å². The molecule has 0 radical (unpaired) electrons. The van der Waals surface area contributed by atoms with E-state index >= 15 is 0 Å². The Morgan fingerprint density at radius 2 is 2.16 bits per heavy atom. The first-order valence-corrected chi connectivity index (χ1v) is 9.10. The molecule has 0 spiro atoms. The van der Waals surface area contributed by atoms with Gasteiger partial charge in [0.05, 0.1) is 11.4 Å². The van der Waals surface area contributed by atoms with Crippen LogP contribution < -0.4 is 4.72 Å². The maximum Gasteiger partial charge on any atom is 0.215 e. The zero-order valence-corrected chi connectivity index (χ0v) is 13.3. The number of aliphatic hydroxyl groups is 1. The van der Waals surface area contributed by atoms with E-state index < -0.39 is 15.6 Å². The summed E-state index contributed by atoms with van der Waals surface area (Å²) in [5.74, 6) is 0.315. The molecule has 4 nitrogen and oxygen atoms in total. The summed E-state index contributed by atoms with van der Waals surface area (Å²) in [5, 5.41) is 10.4. The van der Waals surface area contributed by atoms with Gasteiger partial charge in [-0.15, -0.1) is 0 Å².